The molecule has 4 unspecified atom stereocenters. The molecule has 1 heterocycles. The number of fused-ring (bicyclic) bond motifs is 1. The molecule has 1 aromatic carbocycles. The van der Waals surface area contributed by atoms with Crippen molar-refractivity contribution in [3.05, 3.63) is 34.9 Å². The molecule has 8 heteroatoms. The fraction of sp³-hybridized carbons (Fsp3) is 0.704. The minimum Gasteiger partial charge on any atom is -0.480 e. The standard InChI is InChI=1S/C22H31ClO3.C5H10N2O2/c1-20(2,3)22(19(24)25,16-10-6-11-17(23)14-16)21(26)13-7-9-15-8-4-5-12-18(15)21;8-5(9)7-3-1-6-2-4-7/h6,10-11,14-15,18,26H,4-5,7-9,12-13H2,1-3H3,(H,24,25);6H,1-4H2,(H,8,9). The molecule has 1 aromatic rings. The minimum atomic E-state index is -1.40. The average Bonchev–Trinajstić information content (AvgIpc) is 2.79. The molecule has 1 aliphatic heterocycles. The van der Waals surface area contributed by atoms with Crippen LogP contribution in [0.3, 0.4) is 0 Å². The Balaban J connectivity index is 0.000000320. The Labute approximate surface area is 213 Å². The van der Waals surface area contributed by atoms with Gasteiger partial charge in [-0.15, -0.1) is 0 Å². The van der Waals surface area contributed by atoms with E-state index in [4.69, 9.17) is 16.7 Å². The maximum atomic E-state index is 13.0. The maximum Gasteiger partial charge on any atom is 0.407 e. The van der Waals surface area contributed by atoms with E-state index in [0.29, 0.717) is 36.0 Å². The quantitative estimate of drug-likeness (QED) is 0.457. The van der Waals surface area contributed by atoms with Crippen LogP contribution >= 0.6 is 11.6 Å². The van der Waals surface area contributed by atoms with E-state index < -0.39 is 28.5 Å². The van der Waals surface area contributed by atoms with Crippen molar-refractivity contribution < 1.29 is 24.9 Å². The molecule has 1 saturated heterocycles. The van der Waals surface area contributed by atoms with Crippen LogP contribution in [0.25, 0.3) is 0 Å². The van der Waals surface area contributed by atoms with Gasteiger partial charge in [-0.05, 0) is 54.2 Å². The third-order valence-corrected chi connectivity index (χ3v) is 8.63. The normalized spacial score (nSPS) is 28.7. The lowest BCUT2D eigenvalue weighted by atomic mass is 9.46. The van der Waals surface area contributed by atoms with E-state index in [1.165, 1.54) is 11.3 Å². The lowest BCUT2D eigenvalue weighted by Crippen LogP contribution is -2.68. The monoisotopic (exact) mass is 508 g/mol. The van der Waals surface area contributed by atoms with Gasteiger partial charge in [0, 0.05) is 31.2 Å². The average molecular weight is 509 g/mol. The molecule has 7 nitrogen and oxygen atoms in total. The number of carbonyl (C=O) groups is 2. The lowest BCUT2D eigenvalue weighted by molar-refractivity contribution is -0.195. The van der Waals surface area contributed by atoms with Crippen LogP contribution in [0.5, 0.6) is 0 Å². The summed E-state index contributed by atoms with van der Waals surface area (Å²) >= 11 is 6.25. The molecule has 2 saturated carbocycles. The van der Waals surface area contributed by atoms with Gasteiger partial charge in [-0.3, -0.25) is 4.79 Å². The number of aliphatic hydroxyl groups is 1. The Morgan fingerprint density at radius 3 is 2.23 bits per heavy atom. The smallest absolute Gasteiger partial charge is 0.407 e. The third kappa shape index (κ3) is 5.32. The SMILES string of the molecule is CC(C)(C)C(C(=O)O)(c1cccc(Cl)c1)C1(O)CCCC2CCCCC21.O=C(O)N1CCNCC1. The van der Waals surface area contributed by atoms with Crippen molar-refractivity contribution in [1.82, 2.24) is 10.2 Å². The number of aliphatic carboxylic acids is 1. The third-order valence-electron chi connectivity index (χ3n) is 8.40. The number of nitrogens with zero attached hydrogens (tertiary/aromatic N) is 1. The van der Waals surface area contributed by atoms with E-state index in [9.17, 15) is 19.8 Å². The summed E-state index contributed by atoms with van der Waals surface area (Å²) in [5.74, 6) is -0.497. The van der Waals surface area contributed by atoms with Crippen LogP contribution in [0, 0.1) is 17.3 Å². The van der Waals surface area contributed by atoms with Gasteiger partial charge >= 0.3 is 12.1 Å². The summed E-state index contributed by atoms with van der Waals surface area (Å²) < 4.78 is 0. The summed E-state index contributed by atoms with van der Waals surface area (Å²) in [6, 6.07) is 7.13. The van der Waals surface area contributed by atoms with Crippen molar-refractivity contribution >= 4 is 23.7 Å². The van der Waals surface area contributed by atoms with Gasteiger partial charge in [0.25, 0.3) is 0 Å². The molecule has 0 radical (unpaired) electrons. The van der Waals surface area contributed by atoms with Gasteiger partial charge in [-0.25, -0.2) is 4.79 Å². The highest BCUT2D eigenvalue weighted by atomic mass is 35.5. The first-order valence-electron chi connectivity index (χ1n) is 12.9. The fourth-order valence-electron chi connectivity index (χ4n) is 7.01. The maximum absolute atomic E-state index is 13.0. The Morgan fingerprint density at radius 1 is 1.06 bits per heavy atom. The first-order valence-corrected chi connectivity index (χ1v) is 13.2. The zero-order valence-electron chi connectivity index (χ0n) is 21.2. The summed E-state index contributed by atoms with van der Waals surface area (Å²) in [6.45, 7) is 8.62. The number of benzene rings is 1. The van der Waals surface area contributed by atoms with Crippen molar-refractivity contribution in [2.75, 3.05) is 26.2 Å². The molecule has 4 N–H and O–H groups in total. The van der Waals surface area contributed by atoms with Crippen molar-refractivity contribution in [3.63, 3.8) is 0 Å². The van der Waals surface area contributed by atoms with Crippen molar-refractivity contribution in [1.29, 1.82) is 0 Å². The largest absolute Gasteiger partial charge is 0.480 e. The molecule has 4 rings (SSSR count). The van der Waals surface area contributed by atoms with Crippen LogP contribution in [-0.2, 0) is 10.2 Å². The van der Waals surface area contributed by atoms with Gasteiger partial charge in [0.1, 0.15) is 5.41 Å². The number of nitrogens with one attached hydrogen (secondary N) is 1. The molecular formula is C27H41ClN2O5. The van der Waals surface area contributed by atoms with E-state index >= 15 is 0 Å². The number of piperazine rings is 1. The van der Waals surface area contributed by atoms with Crippen molar-refractivity contribution in [3.8, 4) is 0 Å². The van der Waals surface area contributed by atoms with E-state index in [0.717, 1.165) is 45.2 Å². The van der Waals surface area contributed by atoms with Crippen LogP contribution in [0.4, 0.5) is 4.79 Å². The Kier molecular flexibility index (Phi) is 8.77. The molecule has 0 bridgehead atoms. The summed E-state index contributed by atoms with van der Waals surface area (Å²) in [5, 5.41) is 34.8. The van der Waals surface area contributed by atoms with Crippen LogP contribution in [0.1, 0.15) is 71.3 Å². The van der Waals surface area contributed by atoms with Crippen LogP contribution < -0.4 is 5.32 Å². The highest BCUT2D eigenvalue weighted by Gasteiger charge is 2.67. The van der Waals surface area contributed by atoms with E-state index in [1.807, 2.05) is 26.8 Å². The first kappa shape index (κ1) is 27.8. The van der Waals surface area contributed by atoms with Crippen LogP contribution in [0.15, 0.2) is 24.3 Å². The van der Waals surface area contributed by atoms with Crippen LogP contribution in [0.2, 0.25) is 5.02 Å². The number of carboxylic acid groups (broad SMARTS) is 2. The highest BCUT2D eigenvalue weighted by molar-refractivity contribution is 6.30. The van der Waals surface area contributed by atoms with Crippen LogP contribution in [-0.4, -0.2) is 64.1 Å². The van der Waals surface area contributed by atoms with Gasteiger partial charge in [0.15, 0.2) is 0 Å². The molecule has 3 fully saturated rings. The Morgan fingerprint density at radius 2 is 1.69 bits per heavy atom. The van der Waals surface area contributed by atoms with Gasteiger partial charge in [-0.2, -0.15) is 0 Å². The minimum absolute atomic E-state index is 0.0271. The Bertz CT molecular complexity index is 896. The van der Waals surface area contributed by atoms with Gasteiger partial charge in [0.05, 0.1) is 5.60 Å². The summed E-state index contributed by atoms with van der Waals surface area (Å²) in [6.07, 6.45) is 5.96. The van der Waals surface area contributed by atoms with E-state index in [1.54, 1.807) is 18.2 Å². The predicted molar refractivity (Wildman–Crippen MR) is 137 cm³/mol. The topological polar surface area (TPSA) is 110 Å². The van der Waals surface area contributed by atoms with Gasteiger partial charge in [-0.1, -0.05) is 70.2 Å². The summed E-state index contributed by atoms with van der Waals surface area (Å²) in [7, 11) is 0. The molecule has 1 amide bonds. The zero-order valence-corrected chi connectivity index (χ0v) is 22.0. The van der Waals surface area contributed by atoms with Gasteiger partial charge in [0.2, 0.25) is 0 Å². The molecule has 196 valence electrons. The fourth-order valence-corrected chi connectivity index (χ4v) is 7.20. The molecule has 0 spiro atoms. The number of hydrogen-bond acceptors (Lipinski definition) is 4. The second kappa shape index (κ2) is 11.1. The van der Waals surface area contributed by atoms with Gasteiger partial charge < -0.3 is 25.5 Å². The molecule has 4 atom stereocenters. The number of hydrogen-bond donors (Lipinski definition) is 4. The molecule has 2 aliphatic carbocycles. The molecule has 0 aromatic heterocycles. The number of halogens is 1. The first-order chi connectivity index (χ1) is 16.4. The van der Waals surface area contributed by atoms with Crippen molar-refractivity contribution in [2.45, 2.75) is 76.7 Å². The Hall–Kier alpha value is -1.83. The van der Waals surface area contributed by atoms with Crippen molar-refractivity contribution in [2.24, 2.45) is 17.3 Å². The lowest BCUT2D eigenvalue weighted by Gasteiger charge is -2.59. The zero-order chi connectivity index (χ0) is 25.9. The number of carboxylic acids is 1. The molecule has 3 aliphatic rings. The highest BCUT2D eigenvalue weighted by Crippen LogP contribution is 2.60. The summed E-state index contributed by atoms with van der Waals surface area (Å²) in [4.78, 5) is 24.6. The second-order valence-corrected chi connectivity index (χ2v) is 11.7. The molecule has 35 heavy (non-hydrogen) atoms. The molecular weight excluding hydrogens is 468 g/mol. The number of amides is 1. The summed E-state index contributed by atoms with van der Waals surface area (Å²) in [5.41, 5.74) is -2.72. The van der Waals surface area contributed by atoms with E-state index in [2.05, 4.69) is 5.32 Å². The second-order valence-electron chi connectivity index (χ2n) is 11.3. The van der Waals surface area contributed by atoms with E-state index in [-0.39, 0.29) is 5.92 Å². The number of rotatable bonds is 3. The predicted octanol–water partition coefficient (Wildman–Crippen LogP) is 5.00.